The molecule has 2 aromatic rings. The first kappa shape index (κ1) is 16.0. The molecule has 0 atom stereocenters. The molecule has 6 nitrogen and oxygen atoms in total. The van der Waals surface area contributed by atoms with Gasteiger partial charge in [0.2, 0.25) is 0 Å². The van der Waals surface area contributed by atoms with Gasteiger partial charge < -0.3 is 10.0 Å². The number of hydrogen-bond acceptors (Lipinski definition) is 4. The monoisotopic (exact) mass is 302 g/mol. The van der Waals surface area contributed by atoms with Crippen molar-refractivity contribution in [1.82, 2.24) is 15.0 Å². The fourth-order valence-electron chi connectivity index (χ4n) is 2.54. The summed E-state index contributed by atoms with van der Waals surface area (Å²) in [4.78, 5) is 13.5. The Kier molecular flexibility index (Phi) is 4.80. The standard InChI is InChI=1S/C16H22N4O2/c1-5-19(6-2)12-7-9-13(10-8-12)20-15(11(3)4)14(16(21)22)17-18-20/h7-11H,5-6H2,1-4H3,(H,21,22). The Morgan fingerprint density at radius 1 is 1.23 bits per heavy atom. The molecule has 0 bridgehead atoms. The summed E-state index contributed by atoms with van der Waals surface area (Å²) in [7, 11) is 0. The topological polar surface area (TPSA) is 71.2 Å². The maximum Gasteiger partial charge on any atom is 0.358 e. The number of carboxylic acid groups (broad SMARTS) is 1. The molecule has 0 unspecified atom stereocenters. The van der Waals surface area contributed by atoms with E-state index in [4.69, 9.17) is 0 Å². The Morgan fingerprint density at radius 3 is 2.27 bits per heavy atom. The van der Waals surface area contributed by atoms with Crippen LogP contribution in [0, 0.1) is 0 Å². The zero-order valence-electron chi connectivity index (χ0n) is 13.4. The minimum absolute atomic E-state index is 0.0165. The normalized spacial score (nSPS) is 11.0. The second kappa shape index (κ2) is 6.60. The van der Waals surface area contributed by atoms with Gasteiger partial charge >= 0.3 is 5.97 Å². The van der Waals surface area contributed by atoms with Gasteiger partial charge in [0.1, 0.15) is 0 Å². The molecular weight excluding hydrogens is 280 g/mol. The highest BCUT2D eigenvalue weighted by Crippen LogP contribution is 2.23. The third-order valence-corrected chi connectivity index (χ3v) is 3.68. The lowest BCUT2D eigenvalue weighted by atomic mass is 10.1. The number of anilines is 1. The van der Waals surface area contributed by atoms with Crippen LogP contribution < -0.4 is 4.90 Å². The Balaban J connectivity index is 2.42. The highest BCUT2D eigenvalue weighted by Gasteiger charge is 2.22. The fraction of sp³-hybridized carbons (Fsp3) is 0.438. The fourth-order valence-corrected chi connectivity index (χ4v) is 2.54. The van der Waals surface area contributed by atoms with E-state index in [2.05, 4.69) is 29.1 Å². The predicted molar refractivity (Wildman–Crippen MR) is 86.0 cm³/mol. The van der Waals surface area contributed by atoms with Gasteiger partial charge in [-0.1, -0.05) is 19.1 Å². The summed E-state index contributed by atoms with van der Waals surface area (Å²) in [6.07, 6.45) is 0. The predicted octanol–water partition coefficient (Wildman–Crippen LogP) is 2.94. The van der Waals surface area contributed by atoms with Crippen LogP contribution >= 0.6 is 0 Å². The van der Waals surface area contributed by atoms with Gasteiger partial charge in [-0.2, -0.15) is 0 Å². The van der Waals surface area contributed by atoms with Crippen LogP contribution in [0.25, 0.3) is 5.69 Å². The summed E-state index contributed by atoms with van der Waals surface area (Å²) in [5.41, 5.74) is 2.59. The van der Waals surface area contributed by atoms with Crippen molar-refractivity contribution in [2.24, 2.45) is 0 Å². The first-order valence-corrected chi connectivity index (χ1v) is 7.53. The minimum atomic E-state index is -1.05. The number of hydrogen-bond donors (Lipinski definition) is 1. The molecule has 0 aliphatic heterocycles. The van der Waals surface area contributed by atoms with Crippen LogP contribution in [-0.4, -0.2) is 39.2 Å². The second-order valence-electron chi connectivity index (χ2n) is 5.38. The maximum absolute atomic E-state index is 11.3. The van der Waals surface area contributed by atoms with E-state index in [1.807, 2.05) is 38.1 Å². The molecule has 0 amide bonds. The van der Waals surface area contributed by atoms with Crippen LogP contribution in [-0.2, 0) is 0 Å². The van der Waals surface area contributed by atoms with Crippen LogP contribution in [0.4, 0.5) is 5.69 Å². The largest absolute Gasteiger partial charge is 0.476 e. The van der Waals surface area contributed by atoms with Gasteiger partial charge in [-0.15, -0.1) is 5.10 Å². The number of benzene rings is 1. The Hall–Kier alpha value is -2.37. The number of rotatable bonds is 6. The van der Waals surface area contributed by atoms with Gasteiger partial charge in [0.05, 0.1) is 11.4 Å². The lowest BCUT2D eigenvalue weighted by Gasteiger charge is -2.21. The smallest absolute Gasteiger partial charge is 0.358 e. The first-order chi connectivity index (χ1) is 10.5. The van der Waals surface area contributed by atoms with Crippen molar-refractivity contribution in [2.75, 3.05) is 18.0 Å². The lowest BCUT2D eigenvalue weighted by molar-refractivity contribution is 0.0688. The minimum Gasteiger partial charge on any atom is -0.476 e. The summed E-state index contributed by atoms with van der Waals surface area (Å²) in [6.45, 7) is 9.99. The summed E-state index contributed by atoms with van der Waals surface area (Å²) >= 11 is 0. The van der Waals surface area contributed by atoms with Crippen molar-refractivity contribution in [3.05, 3.63) is 35.7 Å². The van der Waals surface area contributed by atoms with Gasteiger partial charge in [0.25, 0.3) is 0 Å². The van der Waals surface area contributed by atoms with E-state index in [1.54, 1.807) is 4.68 Å². The van der Waals surface area contributed by atoms with Crippen molar-refractivity contribution >= 4 is 11.7 Å². The summed E-state index contributed by atoms with van der Waals surface area (Å²) in [6, 6.07) is 7.93. The quantitative estimate of drug-likeness (QED) is 0.888. The molecule has 1 aromatic carbocycles. The number of aromatic nitrogens is 3. The van der Waals surface area contributed by atoms with Crippen LogP contribution in [0.5, 0.6) is 0 Å². The van der Waals surface area contributed by atoms with Gasteiger partial charge in [-0.05, 0) is 44.0 Å². The maximum atomic E-state index is 11.3. The molecule has 1 aromatic heterocycles. The Bertz CT molecular complexity index is 643. The number of aromatic carboxylic acids is 1. The molecule has 22 heavy (non-hydrogen) atoms. The Labute approximate surface area is 130 Å². The zero-order chi connectivity index (χ0) is 16.3. The van der Waals surface area contributed by atoms with E-state index in [-0.39, 0.29) is 11.6 Å². The molecule has 1 heterocycles. The lowest BCUT2D eigenvalue weighted by Crippen LogP contribution is -2.21. The van der Waals surface area contributed by atoms with Crippen LogP contribution in [0.1, 0.15) is 49.8 Å². The number of carboxylic acids is 1. The van der Waals surface area contributed by atoms with Gasteiger partial charge in [-0.3, -0.25) is 0 Å². The highest BCUT2D eigenvalue weighted by molar-refractivity contribution is 5.86. The third-order valence-electron chi connectivity index (χ3n) is 3.68. The molecule has 0 saturated heterocycles. The van der Waals surface area contributed by atoms with Crippen molar-refractivity contribution in [2.45, 2.75) is 33.6 Å². The second-order valence-corrected chi connectivity index (χ2v) is 5.38. The van der Waals surface area contributed by atoms with E-state index < -0.39 is 5.97 Å². The molecule has 118 valence electrons. The van der Waals surface area contributed by atoms with Crippen LogP contribution in [0.3, 0.4) is 0 Å². The first-order valence-electron chi connectivity index (χ1n) is 7.53. The van der Waals surface area contributed by atoms with Gasteiger partial charge in [0, 0.05) is 18.8 Å². The molecule has 0 saturated carbocycles. The summed E-state index contributed by atoms with van der Waals surface area (Å²) < 4.78 is 1.61. The molecule has 0 aliphatic rings. The summed E-state index contributed by atoms with van der Waals surface area (Å²) in [5, 5.41) is 17.1. The average molecular weight is 302 g/mol. The SMILES string of the molecule is CCN(CC)c1ccc(-n2nnc(C(=O)O)c2C(C)C)cc1. The van der Waals surface area contributed by atoms with Crippen LogP contribution in [0.2, 0.25) is 0 Å². The van der Waals surface area contributed by atoms with E-state index >= 15 is 0 Å². The Morgan fingerprint density at radius 2 is 1.82 bits per heavy atom. The molecule has 0 aliphatic carbocycles. The summed E-state index contributed by atoms with van der Waals surface area (Å²) in [5.74, 6) is -1.03. The molecule has 0 radical (unpaired) electrons. The van der Waals surface area contributed by atoms with E-state index in [1.165, 1.54) is 0 Å². The van der Waals surface area contributed by atoms with Gasteiger partial charge in [-0.25, -0.2) is 9.48 Å². The molecular formula is C16H22N4O2. The van der Waals surface area contributed by atoms with Crippen molar-refractivity contribution < 1.29 is 9.90 Å². The number of nitrogens with zero attached hydrogens (tertiary/aromatic N) is 4. The number of carbonyl (C=O) groups is 1. The molecule has 2 rings (SSSR count). The van der Waals surface area contributed by atoms with Gasteiger partial charge in [0.15, 0.2) is 5.69 Å². The molecule has 1 N–H and O–H groups in total. The van der Waals surface area contributed by atoms with Crippen molar-refractivity contribution in [3.8, 4) is 5.69 Å². The van der Waals surface area contributed by atoms with E-state index in [0.29, 0.717) is 5.69 Å². The van der Waals surface area contributed by atoms with Crippen LogP contribution in [0.15, 0.2) is 24.3 Å². The molecule has 0 fully saturated rings. The average Bonchev–Trinajstić information content (AvgIpc) is 2.94. The van der Waals surface area contributed by atoms with E-state index in [0.717, 1.165) is 24.5 Å². The molecule has 0 spiro atoms. The highest BCUT2D eigenvalue weighted by atomic mass is 16.4. The third kappa shape index (κ3) is 2.95. The van der Waals surface area contributed by atoms with Crippen molar-refractivity contribution in [1.29, 1.82) is 0 Å². The zero-order valence-corrected chi connectivity index (χ0v) is 13.4. The molecule has 6 heteroatoms. The van der Waals surface area contributed by atoms with E-state index in [9.17, 15) is 9.90 Å². The van der Waals surface area contributed by atoms with Crippen molar-refractivity contribution in [3.63, 3.8) is 0 Å².